The van der Waals surface area contributed by atoms with Crippen LogP contribution in [0.25, 0.3) is 0 Å². The fourth-order valence-corrected chi connectivity index (χ4v) is 3.31. The maximum atomic E-state index is 12.5. The Kier molecular flexibility index (Phi) is 8.72. The molecular formula is C20H26F3N5O4. The van der Waals surface area contributed by atoms with Crippen LogP contribution in [-0.4, -0.2) is 63.0 Å². The summed E-state index contributed by atoms with van der Waals surface area (Å²) in [7, 11) is 0. The van der Waals surface area contributed by atoms with Gasteiger partial charge in [0.2, 0.25) is 0 Å². The number of carbonyl (C=O) groups excluding carboxylic acids is 1. The van der Waals surface area contributed by atoms with Gasteiger partial charge in [0.15, 0.2) is 5.69 Å². The lowest BCUT2D eigenvalue weighted by Crippen LogP contribution is -2.31. The lowest BCUT2D eigenvalue weighted by atomic mass is 10.0. The van der Waals surface area contributed by atoms with Gasteiger partial charge < -0.3 is 20.8 Å². The Morgan fingerprint density at radius 1 is 1.22 bits per heavy atom. The first-order chi connectivity index (χ1) is 15.0. The number of carbonyl (C=O) groups is 2. The summed E-state index contributed by atoms with van der Waals surface area (Å²) in [6, 6.07) is 5.82. The number of nitrogens with one attached hydrogen (secondary N) is 2. The summed E-state index contributed by atoms with van der Waals surface area (Å²) in [5.41, 5.74) is 3.36. The van der Waals surface area contributed by atoms with Crippen LogP contribution in [-0.2, 0) is 4.79 Å². The number of carboxylic acid groups (broad SMARTS) is 1. The molecule has 176 valence electrons. The molecular weight excluding hydrogens is 431 g/mol. The van der Waals surface area contributed by atoms with Crippen LogP contribution in [0.3, 0.4) is 0 Å². The number of benzene rings is 1. The summed E-state index contributed by atoms with van der Waals surface area (Å²) < 4.78 is 33.5. The van der Waals surface area contributed by atoms with Gasteiger partial charge in [-0.2, -0.15) is 13.2 Å². The molecule has 1 fully saturated rings. The topological polar surface area (TPSA) is 129 Å². The second-order valence-corrected chi connectivity index (χ2v) is 7.50. The van der Waals surface area contributed by atoms with Gasteiger partial charge in [-0.25, -0.2) is 9.48 Å². The Hall–Kier alpha value is -2.99. The molecule has 0 spiro atoms. The number of aliphatic hydroxyl groups excluding tert-OH is 1. The second kappa shape index (κ2) is 11.0. The van der Waals surface area contributed by atoms with Crippen molar-refractivity contribution in [3.05, 3.63) is 46.8 Å². The van der Waals surface area contributed by atoms with E-state index in [0.29, 0.717) is 0 Å². The quantitative estimate of drug-likeness (QED) is 0.540. The minimum atomic E-state index is -5.08. The van der Waals surface area contributed by atoms with Gasteiger partial charge >= 0.3 is 12.1 Å². The molecule has 0 bridgehead atoms. The van der Waals surface area contributed by atoms with E-state index in [1.807, 2.05) is 26.0 Å². The van der Waals surface area contributed by atoms with E-state index in [4.69, 9.17) is 9.90 Å². The first kappa shape index (κ1) is 25.3. The van der Waals surface area contributed by atoms with Crippen molar-refractivity contribution in [2.45, 2.75) is 44.9 Å². The van der Waals surface area contributed by atoms with Crippen molar-refractivity contribution in [3.8, 4) is 0 Å². The maximum Gasteiger partial charge on any atom is 0.490 e. The summed E-state index contributed by atoms with van der Waals surface area (Å²) in [4.78, 5) is 21.4. The van der Waals surface area contributed by atoms with E-state index < -0.39 is 18.2 Å². The first-order valence-electron chi connectivity index (χ1n) is 9.93. The number of aliphatic carboxylic acids is 1. The van der Waals surface area contributed by atoms with Crippen LogP contribution in [0.15, 0.2) is 24.4 Å². The molecule has 0 radical (unpaired) electrons. The SMILES string of the molecule is Cc1cc(C)cc(C(CO)NC(=O)c2cn(C3CCNCC3)nn2)c1.O=C(O)C(F)(F)F. The minimum absolute atomic E-state index is 0.170. The number of amides is 1. The minimum Gasteiger partial charge on any atom is -0.475 e. The fourth-order valence-electron chi connectivity index (χ4n) is 3.31. The van der Waals surface area contributed by atoms with Crippen molar-refractivity contribution >= 4 is 11.9 Å². The third-order valence-corrected chi connectivity index (χ3v) is 4.80. The standard InChI is InChI=1S/C18H25N5O2.C2HF3O2/c1-12-7-13(2)9-14(8-12)17(11-24)20-18(25)16-10-23(22-21-16)15-3-5-19-6-4-15;3-2(4,5)1(6)7/h7-10,15,17,19,24H,3-6,11H2,1-2H3,(H,20,25);(H,6,7). The van der Waals surface area contributed by atoms with Crippen molar-refractivity contribution in [1.82, 2.24) is 25.6 Å². The number of carboxylic acids is 1. The van der Waals surface area contributed by atoms with Gasteiger partial charge in [-0.15, -0.1) is 5.10 Å². The van der Waals surface area contributed by atoms with Crippen molar-refractivity contribution in [2.24, 2.45) is 0 Å². The smallest absolute Gasteiger partial charge is 0.475 e. The monoisotopic (exact) mass is 457 g/mol. The van der Waals surface area contributed by atoms with Crippen LogP contribution in [0.4, 0.5) is 13.2 Å². The maximum absolute atomic E-state index is 12.5. The molecule has 1 saturated heterocycles. The Morgan fingerprint density at radius 3 is 2.28 bits per heavy atom. The number of hydrogen-bond acceptors (Lipinski definition) is 6. The highest BCUT2D eigenvalue weighted by Gasteiger charge is 2.38. The van der Waals surface area contributed by atoms with Crippen molar-refractivity contribution in [1.29, 1.82) is 0 Å². The number of alkyl halides is 3. The normalized spacial score (nSPS) is 15.4. The second-order valence-electron chi connectivity index (χ2n) is 7.50. The molecule has 1 aromatic carbocycles. The van der Waals surface area contributed by atoms with E-state index in [2.05, 4.69) is 27.0 Å². The number of halogens is 3. The van der Waals surface area contributed by atoms with Crippen LogP contribution in [0.2, 0.25) is 0 Å². The first-order valence-corrected chi connectivity index (χ1v) is 9.93. The predicted molar refractivity (Wildman–Crippen MR) is 108 cm³/mol. The predicted octanol–water partition coefficient (Wildman–Crippen LogP) is 1.92. The number of rotatable bonds is 5. The van der Waals surface area contributed by atoms with Gasteiger partial charge in [-0.1, -0.05) is 34.5 Å². The molecule has 12 heteroatoms. The number of aromatic nitrogens is 3. The number of aryl methyl sites for hydroxylation is 2. The number of nitrogens with zero attached hydrogens (tertiary/aromatic N) is 3. The zero-order valence-corrected chi connectivity index (χ0v) is 17.7. The van der Waals surface area contributed by atoms with Crippen LogP contribution in [0.5, 0.6) is 0 Å². The molecule has 1 amide bonds. The van der Waals surface area contributed by atoms with Crippen LogP contribution < -0.4 is 10.6 Å². The van der Waals surface area contributed by atoms with Crippen molar-refractivity contribution < 1.29 is 33.0 Å². The highest BCUT2D eigenvalue weighted by atomic mass is 19.4. The highest BCUT2D eigenvalue weighted by molar-refractivity contribution is 5.92. The van der Waals surface area contributed by atoms with Crippen molar-refractivity contribution in [3.63, 3.8) is 0 Å². The molecule has 32 heavy (non-hydrogen) atoms. The summed E-state index contributed by atoms with van der Waals surface area (Å²) in [6.07, 6.45) is -1.43. The average Bonchev–Trinajstić information content (AvgIpc) is 3.22. The third kappa shape index (κ3) is 7.31. The molecule has 0 aliphatic carbocycles. The largest absolute Gasteiger partial charge is 0.490 e. The van der Waals surface area contributed by atoms with Crippen LogP contribution in [0.1, 0.15) is 52.1 Å². The molecule has 0 saturated carbocycles. The van der Waals surface area contributed by atoms with E-state index in [1.165, 1.54) is 0 Å². The van der Waals surface area contributed by atoms with E-state index in [-0.39, 0.29) is 24.2 Å². The van der Waals surface area contributed by atoms with Gasteiger partial charge in [-0.3, -0.25) is 4.79 Å². The van der Waals surface area contributed by atoms with Gasteiger partial charge in [0.25, 0.3) is 5.91 Å². The molecule has 1 aliphatic heterocycles. The summed E-state index contributed by atoms with van der Waals surface area (Å²) in [6.45, 7) is 5.72. The lowest BCUT2D eigenvalue weighted by Gasteiger charge is -2.22. The zero-order valence-electron chi connectivity index (χ0n) is 17.7. The van der Waals surface area contributed by atoms with Crippen LogP contribution in [0, 0.1) is 13.8 Å². The van der Waals surface area contributed by atoms with Crippen molar-refractivity contribution in [2.75, 3.05) is 19.7 Å². The van der Waals surface area contributed by atoms with E-state index >= 15 is 0 Å². The van der Waals surface area contributed by atoms with E-state index in [0.717, 1.165) is 42.6 Å². The van der Waals surface area contributed by atoms with E-state index in [9.17, 15) is 23.1 Å². The highest BCUT2D eigenvalue weighted by Crippen LogP contribution is 2.19. The molecule has 1 aliphatic rings. The molecule has 2 aromatic rings. The van der Waals surface area contributed by atoms with Gasteiger partial charge in [0.05, 0.1) is 24.9 Å². The van der Waals surface area contributed by atoms with Gasteiger partial charge in [0, 0.05) is 0 Å². The molecule has 1 unspecified atom stereocenters. The molecule has 1 atom stereocenters. The lowest BCUT2D eigenvalue weighted by molar-refractivity contribution is -0.192. The Bertz CT molecular complexity index is 906. The zero-order chi connectivity index (χ0) is 23.9. The number of piperidine rings is 1. The van der Waals surface area contributed by atoms with E-state index in [1.54, 1.807) is 10.9 Å². The summed E-state index contributed by atoms with van der Waals surface area (Å²) >= 11 is 0. The summed E-state index contributed by atoms with van der Waals surface area (Å²) in [5, 5.41) is 31.1. The van der Waals surface area contributed by atoms with Gasteiger partial charge in [0.1, 0.15) is 0 Å². The summed E-state index contributed by atoms with van der Waals surface area (Å²) in [5.74, 6) is -3.08. The Morgan fingerprint density at radius 2 is 1.78 bits per heavy atom. The molecule has 1 aromatic heterocycles. The van der Waals surface area contributed by atoms with Gasteiger partial charge in [-0.05, 0) is 45.3 Å². The van der Waals surface area contributed by atoms with Crippen LogP contribution >= 0.6 is 0 Å². The number of aliphatic hydroxyl groups is 1. The Balaban J connectivity index is 0.000000451. The molecule has 4 N–H and O–H groups in total. The third-order valence-electron chi connectivity index (χ3n) is 4.80. The molecule has 9 nitrogen and oxygen atoms in total. The Labute approximate surface area is 182 Å². The number of hydrogen-bond donors (Lipinski definition) is 4. The fraction of sp³-hybridized carbons (Fsp3) is 0.500. The molecule has 3 rings (SSSR count). The average molecular weight is 457 g/mol. The molecule has 2 heterocycles.